The van der Waals surface area contributed by atoms with Crippen LogP contribution < -0.4 is 5.73 Å². The molecule has 0 saturated heterocycles. The predicted molar refractivity (Wildman–Crippen MR) is 48.7 cm³/mol. The zero-order chi connectivity index (χ0) is 9.78. The molecular weight excluding hydrogens is 154 g/mol. The molecule has 72 valence electrons. The highest BCUT2D eigenvalue weighted by Gasteiger charge is 2.31. The quantitative estimate of drug-likeness (QED) is 0.652. The first kappa shape index (κ1) is 11.4. The maximum atomic E-state index is 11.4. The first-order chi connectivity index (χ1) is 5.46. The van der Waals surface area contributed by atoms with Crippen molar-refractivity contribution in [3.63, 3.8) is 0 Å². The van der Waals surface area contributed by atoms with Gasteiger partial charge < -0.3 is 10.5 Å². The minimum absolute atomic E-state index is 0.0603. The molecule has 0 aliphatic carbocycles. The molecule has 0 saturated carbocycles. The molecule has 0 amide bonds. The summed E-state index contributed by atoms with van der Waals surface area (Å²) in [6.07, 6.45) is 0.657. The normalized spacial score (nSPS) is 15.8. The minimum atomic E-state index is -0.510. The molecule has 3 heteroatoms. The van der Waals surface area contributed by atoms with Crippen molar-refractivity contribution in [3.8, 4) is 0 Å². The fraction of sp³-hybridized carbons (Fsp3) is 0.889. The van der Waals surface area contributed by atoms with Gasteiger partial charge in [0.2, 0.25) is 0 Å². The average Bonchev–Trinajstić information content (AvgIpc) is 2.02. The number of nitrogens with two attached hydrogens (primary N) is 1. The molecule has 0 aliphatic rings. The Morgan fingerprint density at radius 2 is 2.08 bits per heavy atom. The van der Waals surface area contributed by atoms with Crippen LogP contribution in [0.4, 0.5) is 0 Å². The second-order valence-corrected chi connectivity index (χ2v) is 3.57. The summed E-state index contributed by atoms with van der Waals surface area (Å²) in [4.78, 5) is 11.4. The second kappa shape index (κ2) is 4.45. The zero-order valence-electron chi connectivity index (χ0n) is 8.39. The first-order valence-corrected chi connectivity index (χ1v) is 4.37. The number of rotatable bonds is 4. The lowest BCUT2D eigenvalue weighted by Crippen LogP contribution is -2.37. The molecule has 0 aliphatic heterocycles. The fourth-order valence-electron chi connectivity index (χ4n) is 0.728. The van der Waals surface area contributed by atoms with E-state index in [1.807, 2.05) is 27.7 Å². The Kier molecular flexibility index (Phi) is 4.24. The summed E-state index contributed by atoms with van der Waals surface area (Å²) in [6, 6.07) is 0. The molecule has 0 radical (unpaired) electrons. The van der Waals surface area contributed by atoms with Crippen molar-refractivity contribution >= 4 is 5.97 Å². The van der Waals surface area contributed by atoms with Crippen LogP contribution in [-0.4, -0.2) is 18.6 Å². The van der Waals surface area contributed by atoms with Crippen LogP contribution in [0.3, 0.4) is 0 Å². The van der Waals surface area contributed by atoms with Gasteiger partial charge >= 0.3 is 5.97 Å². The van der Waals surface area contributed by atoms with E-state index in [1.54, 1.807) is 0 Å². The summed E-state index contributed by atoms with van der Waals surface area (Å²) in [5.74, 6) is -0.192. The van der Waals surface area contributed by atoms with Crippen molar-refractivity contribution in [1.29, 1.82) is 0 Å². The topological polar surface area (TPSA) is 52.3 Å². The van der Waals surface area contributed by atoms with Gasteiger partial charge in [0.25, 0.3) is 0 Å². The third-order valence-electron chi connectivity index (χ3n) is 2.07. The van der Waals surface area contributed by atoms with Crippen molar-refractivity contribution in [3.05, 3.63) is 0 Å². The first-order valence-electron chi connectivity index (χ1n) is 4.37. The Balaban J connectivity index is 4.22. The molecule has 0 aromatic heterocycles. The Morgan fingerprint density at radius 1 is 1.58 bits per heavy atom. The zero-order valence-corrected chi connectivity index (χ0v) is 8.39. The van der Waals surface area contributed by atoms with Crippen LogP contribution in [0.15, 0.2) is 0 Å². The van der Waals surface area contributed by atoms with Gasteiger partial charge in [-0.2, -0.15) is 0 Å². The van der Waals surface area contributed by atoms with E-state index < -0.39 is 5.41 Å². The average molecular weight is 173 g/mol. The van der Waals surface area contributed by atoms with Gasteiger partial charge in [-0.25, -0.2) is 0 Å². The Morgan fingerprint density at radius 3 is 2.33 bits per heavy atom. The Bertz CT molecular complexity index is 151. The number of ether oxygens (including phenoxy) is 1. The molecule has 1 unspecified atom stereocenters. The number of esters is 1. The molecule has 0 bridgehead atoms. The van der Waals surface area contributed by atoms with Gasteiger partial charge in [-0.05, 0) is 27.2 Å². The minimum Gasteiger partial charge on any atom is -0.463 e. The Labute approximate surface area is 74.3 Å². The summed E-state index contributed by atoms with van der Waals surface area (Å²) in [5, 5.41) is 0. The monoisotopic (exact) mass is 173 g/mol. The third-order valence-corrected chi connectivity index (χ3v) is 2.07. The smallest absolute Gasteiger partial charge is 0.313 e. The summed E-state index contributed by atoms with van der Waals surface area (Å²) < 4.78 is 5.08. The molecule has 0 aromatic carbocycles. The highest BCUT2D eigenvalue weighted by atomic mass is 16.5. The van der Waals surface area contributed by atoms with Crippen LogP contribution >= 0.6 is 0 Å². The maximum Gasteiger partial charge on any atom is 0.313 e. The van der Waals surface area contributed by atoms with Crippen molar-refractivity contribution in [2.45, 2.75) is 40.2 Å². The molecular formula is C9H19NO2. The van der Waals surface area contributed by atoms with Crippen molar-refractivity contribution in [1.82, 2.24) is 0 Å². The van der Waals surface area contributed by atoms with E-state index >= 15 is 0 Å². The van der Waals surface area contributed by atoms with Crippen LogP contribution in [0.1, 0.15) is 34.1 Å². The lowest BCUT2D eigenvalue weighted by Gasteiger charge is -2.24. The summed E-state index contributed by atoms with van der Waals surface area (Å²) in [7, 11) is 0. The third kappa shape index (κ3) is 2.81. The van der Waals surface area contributed by atoms with E-state index in [2.05, 4.69) is 0 Å². The van der Waals surface area contributed by atoms with Crippen molar-refractivity contribution in [2.75, 3.05) is 6.54 Å². The summed E-state index contributed by atoms with van der Waals surface area (Å²) >= 11 is 0. The van der Waals surface area contributed by atoms with Gasteiger partial charge in [0, 0.05) is 6.54 Å². The van der Waals surface area contributed by atoms with Gasteiger partial charge in [0.1, 0.15) is 0 Å². The molecule has 2 N–H and O–H groups in total. The lowest BCUT2D eigenvalue weighted by molar-refractivity contribution is -0.158. The molecule has 0 spiro atoms. The number of hydrogen-bond acceptors (Lipinski definition) is 3. The number of carbonyl (C=O) groups is 1. The van der Waals surface area contributed by atoms with Gasteiger partial charge in [0.05, 0.1) is 11.5 Å². The van der Waals surface area contributed by atoms with E-state index in [0.717, 1.165) is 6.42 Å². The summed E-state index contributed by atoms with van der Waals surface area (Å²) in [6.45, 7) is 7.79. The molecule has 12 heavy (non-hydrogen) atoms. The maximum absolute atomic E-state index is 11.4. The van der Waals surface area contributed by atoms with E-state index in [-0.39, 0.29) is 12.1 Å². The lowest BCUT2D eigenvalue weighted by atomic mass is 9.88. The van der Waals surface area contributed by atoms with Gasteiger partial charge in [-0.3, -0.25) is 4.79 Å². The fourth-order valence-corrected chi connectivity index (χ4v) is 0.728. The molecule has 0 aromatic rings. The van der Waals surface area contributed by atoms with Crippen molar-refractivity contribution in [2.24, 2.45) is 11.1 Å². The highest BCUT2D eigenvalue weighted by molar-refractivity contribution is 5.76. The predicted octanol–water partition coefficient (Wildman–Crippen LogP) is 1.31. The van der Waals surface area contributed by atoms with Crippen molar-refractivity contribution < 1.29 is 9.53 Å². The standard InChI is InChI=1S/C9H19NO2/c1-5-9(4,6-10)8(11)12-7(2)3/h7H,5-6,10H2,1-4H3. The molecule has 0 rings (SSSR count). The number of hydrogen-bond donors (Lipinski definition) is 1. The number of carbonyl (C=O) groups excluding carboxylic acids is 1. The molecule has 1 atom stereocenters. The van der Waals surface area contributed by atoms with Crippen LogP contribution in [0.25, 0.3) is 0 Å². The van der Waals surface area contributed by atoms with Gasteiger partial charge in [-0.15, -0.1) is 0 Å². The molecule has 0 heterocycles. The molecule has 3 nitrogen and oxygen atoms in total. The molecule has 0 fully saturated rings. The van der Waals surface area contributed by atoms with Crippen LogP contribution in [0, 0.1) is 5.41 Å². The van der Waals surface area contributed by atoms with Crippen LogP contribution in [-0.2, 0) is 9.53 Å². The Hall–Kier alpha value is -0.570. The van der Waals surface area contributed by atoms with Gasteiger partial charge in [0.15, 0.2) is 0 Å². The summed E-state index contributed by atoms with van der Waals surface area (Å²) in [5.41, 5.74) is 4.98. The van der Waals surface area contributed by atoms with E-state index in [1.165, 1.54) is 0 Å². The van der Waals surface area contributed by atoms with E-state index in [9.17, 15) is 4.79 Å². The second-order valence-electron chi connectivity index (χ2n) is 3.57. The van der Waals surface area contributed by atoms with E-state index in [0.29, 0.717) is 6.54 Å². The van der Waals surface area contributed by atoms with E-state index in [4.69, 9.17) is 10.5 Å². The largest absolute Gasteiger partial charge is 0.463 e. The van der Waals surface area contributed by atoms with Crippen LogP contribution in [0.5, 0.6) is 0 Å². The van der Waals surface area contributed by atoms with Crippen LogP contribution in [0.2, 0.25) is 0 Å². The van der Waals surface area contributed by atoms with Gasteiger partial charge in [-0.1, -0.05) is 6.92 Å². The highest BCUT2D eigenvalue weighted by Crippen LogP contribution is 2.21. The SMILES string of the molecule is CCC(C)(CN)C(=O)OC(C)C.